The number of hydrogen-bond donors (Lipinski definition) is 2. The monoisotopic (exact) mass is 262 g/mol. The second-order valence-electron chi connectivity index (χ2n) is 4.43. The molecule has 3 N–H and O–H groups in total. The number of rotatable bonds is 4. The van der Waals surface area contributed by atoms with Gasteiger partial charge in [0.1, 0.15) is 0 Å². The van der Waals surface area contributed by atoms with Crippen LogP contribution in [0.1, 0.15) is 11.1 Å². The van der Waals surface area contributed by atoms with Gasteiger partial charge >= 0.3 is 0 Å². The van der Waals surface area contributed by atoms with E-state index in [1.54, 1.807) is 0 Å². The van der Waals surface area contributed by atoms with Crippen LogP contribution in [0, 0.1) is 18.6 Å². The lowest BCUT2D eigenvalue weighted by Crippen LogP contribution is -2.10. The summed E-state index contributed by atoms with van der Waals surface area (Å²) >= 11 is 0. The summed E-state index contributed by atoms with van der Waals surface area (Å²) < 4.78 is 26.7. The highest BCUT2D eigenvalue weighted by Crippen LogP contribution is 2.24. The molecular weight excluding hydrogens is 246 g/mol. The summed E-state index contributed by atoms with van der Waals surface area (Å²) in [5.74, 6) is -1.82. The third-order valence-electron chi connectivity index (χ3n) is 3.08. The minimum absolute atomic E-state index is 0.0357. The summed E-state index contributed by atoms with van der Waals surface area (Å²) in [6.45, 7) is 2.52. The Morgan fingerprint density at radius 2 is 1.84 bits per heavy atom. The zero-order valence-electron chi connectivity index (χ0n) is 10.7. The van der Waals surface area contributed by atoms with Crippen molar-refractivity contribution in [2.24, 2.45) is 0 Å². The average Bonchev–Trinajstić information content (AvgIpc) is 2.40. The third kappa shape index (κ3) is 3.02. The fourth-order valence-corrected chi connectivity index (χ4v) is 1.96. The van der Waals surface area contributed by atoms with E-state index < -0.39 is 11.6 Å². The van der Waals surface area contributed by atoms with Gasteiger partial charge in [0.05, 0.1) is 11.4 Å². The summed E-state index contributed by atoms with van der Waals surface area (Å²) in [6.07, 6.45) is 0.724. The molecule has 100 valence electrons. The third-order valence-corrected chi connectivity index (χ3v) is 3.08. The van der Waals surface area contributed by atoms with E-state index in [4.69, 9.17) is 5.73 Å². The Hall–Kier alpha value is -2.10. The lowest BCUT2D eigenvalue weighted by atomic mass is 10.1. The Balaban J connectivity index is 2.04. The molecule has 0 fully saturated rings. The molecule has 0 aliphatic heterocycles. The fraction of sp³-hybridized carbons (Fsp3) is 0.200. The fourth-order valence-electron chi connectivity index (χ4n) is 1.96. The van der Waals surface area contributed by atoms with Crippen LogP contribution in [0.2, 0.25) is 0 Å². The molecule has 0 saturated heterocycles. The number of aryl methyl sites for hydroxylation is 1. The van der Waals surface area contributed by atoms with Crippen LogP contribution < -0.4 is 11.1 Å². The lowest BCUT2D eigenvalue weighted by Gasteiger charge is -2.11. The molecule has 4 heteroatoms. The van der Waals surface area contributed by atoms with Gasteiger partial charge in [-0.05, 0) is 36.6 Å². The van der Waals surface area contributed by atoms with Gasteiger partial charge in [-0.2, -0.15) is 0 Å². The number of nitrogens with two attached hydrogens (primary N) is 1. The van der Waals surface area contributed by atoms with E-state index in [9.17, 15) is 8.78 Å². The Morgan fingerprint density at radius 1 is 1.11 bits per heavy atom. The molecule has 2 aromatic rings. The van der Waals surface area contributed by atoms with Crippen LogP contribution in [0.5, 0.6) is 0 Å². The van der Waals surface area contributed by atoms with Crippen LogP contribution in [0.3, 0.4) is 0 Å². The number of benzene rings is 2. The van der Waals surface area contributed by atoms with Crippen molar-refractivity contribution in [2.45, 2.75) is 13.3 Å². The molecule has 0 heterocycles. The van der Waals surface area contributed by atoms with Crippen molar-refractivity contribution in [3.63, 3.8) is 0 Å². The average molecular weight is 262 g/mol. The summed E-state index contributed by atoms with van der Waals surface area (Å²) in [7, 11) is 0. The van der Waals surface area contributed by atoms with E-state index >= 15 is 0 Å². The van der Waals surface area contributed by atoms with Crippen molar-refractivity contribution in [3.8, 4) is 0 Å². The molecule has 0 amide bonds. The Labute approximate surface area is 111 Å². The van der Waals surface area contributed by atoms with Gasteiger partial charge in [0, 0.05) is 6.54 Å². The summed E-state index contributed by atoms with van der Waals surface area (Å²) in [5.41, 5.74) is 8.23. The predicted molar refractivity (Wildman–Crippen MR) is 74.1 cm³/mol. The van der Waals surface area contributed by atoms with Crippen molar-refractivity contribution in [1.29, 1.82) is 0 Å². The smallest absolute Gasteiger partial charge is 0.183 e. The van der Waals surface area contributed by atoms with Crippen molar-refractivity contribution >= 4 is 11.4 Å². The highest BCUT2D eigenvalue weighted by Gasteiger charge is 2.11. The Morgan fingerprint density at radius 3 is 2.58 bits per heavy atom. The summed E-state index contributed by atoms with van der Waals surface area (Å²) in [4.78, 5) is 0. The van der Waals surface area contributed by atoms with E-state index in [-0.39, 0.29) is 11.4 Å². The first-order valence-electron chi connectivity index (χ1n) is 6.11. The molecule has 0 bridgehead atoms. The minimum atomic E-state index is -0.926. The Bertz CT molecular complexity index is 582. The first kappa shape index (κ1) is 13.3. The zero-order valence-corrected chi connectivity index (χ0v) is 10.7. The first-order valence-corrected chi connectivity index (χ1v) is 6.11. The molecule has 0 aliphatic carbocycles. The molecule has 0 atom stereocenters. The number of nitrogen functional groups attached to an aromatic ring is 1. The van der Waals surface area contributed by atoms with Gasteiger partial charge in [0.2, 0.25) is 0 Å². The van der Waals surface area contributed by atoms with Gasteiger partial charge in [-0.15, -0.1) is 0 Å². The maximum Gasteiger partial charge on any atom is 0.183 e. The van der Waals surface area contributed by atoms with Gasteiger partial charge < -0.3 is 11.1 Å². The first-order chi connectivity index (χ1) is 9.09. The van der Waals surface area contributed by atoms with Crippen LogP contribution in [-0.2, 0) is 6.42 Å². The molecule has 0 aliphatic rings. The molecule has 19 heavy (non-hydrogen) atoms. The van der Waals surface area contributed by atoms with E-state index in [0.29, 0.717) is 6.54 Å². The molecule has 0 spiro atoms. The molecule has 0 saturated carbocycles. The molecule has 0 unspecified atom stereocenters. The summed E-state index contributed by atoms with van der Waals surface area (Å²) in [5, 5.41) is 2.86. The van der Waals surface area contributed by atoms with Gasteiger partial charge in [-0.3, -0.25) is 0 Å². The van der Waals surface area contributed by atoms with Gasteiger partial charge in [-0.25, -0.2) is 8.78 Å². The number of halogens is 2. The van der Waals surface area contributed by atoms with Gasteiger partial charge in [0.15, 0.2) is 11.6 Å². The second-order valence-corrected chi connectivity index (χ2v) is 4.43. The number of nitrogens with one attached hydrogen (secondary N) is 1. The number of hydrogen-bond acceptors (Lipinski definition) is 2. The highest BCUT2D eigenvalue weighted by molar-refractivity contribution is 5.66. The SMILES string of the molecule is Cc1ccccc1CCNc1c(N)ccc(F)c1F. The largest absolute Gasteiger partial charge is 0.397 e. The van der Waals surface area contributed by atoms with Crippen molar-refractivity contribution in [1.82, 2.24) is 0 Å². The van der Waals surface area contributed by atoms with Crippen LogP contribution in [0.4, 0.5) is 20.2 Å². The minimum Gasteiger partial charge on any atom is -0.397 e. The Kier molecular flexibility index (Phi) is 4.00. The van der Waals surface area contributed by atoms with E-state index in [1.807, 2.05) is 31.2 Å². The van der Waals surface area contributed by atoms with Crippen LogP contribution in [0.25, 0.3) is 0 Å². The zero-order chi connectivity index (χ0) is 13.8. The number of anilines is 2. The van der Waals surface area contributed by atoms with Crippen molar-refractivity contribution in [3.05, 3.63) is 59.2 Å². The van der Waals surface area contributed by atoms with E-state index in [0.717, 1.165) is 12.5 Å². The van der Waals surface area contributed by atoms with E-state index in [1.165, 1.54) is 17.2 Å². The van der Waals surface area contributed by atoms with Crippen LogP contribution >= 0.6 is 0 Å². The van der Waals surface area contributed by atoms with Crippen molar-refractivity contribution < 1.29 is 8.78 Å². The van der Waals surface area contributed by atoms with Crippen molar-refractivity contribution in [2.75, 3.05) is 17.6 Å². The van der Waals surface area contributed by atoms with Gasteiger partial charge in [0.25, 0.3) is 0 Å². The molecule has 2 rings (SSSR count). The molecule has 2 aromatic carbocycles. The quantitative estimate of drug-likeness (QED) is 0.827. The second kappa shape index (κ2) is 5.69. The van der Waals surface area contributed by atoms with Crippen LogP contribution in [0.15, 0.2) is 36.4 Å². The molecule has 2 nitrogen and oxygen atoms in total. The molecular formula is C15H16F2N2. The molecule has 0 aromatic heterocycles. The standard InChI is InChI=1S/C15H16F2N2/c1-10-4-2-3-5-11(10)8-9-19-15-13(18)7-6-12(16)14(15)17/h2-7,19H,8-9,18H2,1H3. The maximum atomic E-state index is 13.6. The van der Waals surface area contributed by atoms with Gasteiger partial charge in [-0.1, -0.05) is 24.3 Å². The maximum absolute atomic E-state index is 13.6. The highest BCUT2D eigenvalue weighted by atomic mass is 19.2. The molecule has 0 radical (unpaired) electrons. The predicted octanol–water partition coefficient (Wildman–Crippen LogP) is 3.51. The lowest BCUT2D eigenvalue weighted by molar-refractivity contribution is 0.511. The normalized spacial score (nSPS) is 10.5. The van der Waals surface area contributed by atoms with E-state index in [2.05, 4.69) is 5.32 Å². The topological polar surface area (TPSA) is 38.0 Å². The summed E-state index contributed by atoms with van der Waals surface area (Å²) in [6, 6.07) is 10.3. The van der Waals surface area contributed by atoms with Crippen LogP contribution in [-0.4, -0.2) is 6.54 Å².